The van der Waals surface area contributed by atoms with Crippen LogP contribution in [0.3, 0.4) is 0 Å². The molecule has 8 nitrogen and oxygen atoms in total. The summed E-state index contributed by atoms with van der Waals surface area (Å²) < 4.78 is 5.75. The molecule has 0 bridgehead atoms. The highest BCUT2D eigenvalue weighted by Crippen LogP contribution is 2.23. The van der Waals surface area contributed by atoms with Crippen LogP contribution < -0.4 is 10.6 Å². The standard InChI is InChI=1S/C11H12ClN5O.C11H16.C2H6O.CH2O/c1-13-8-4-3-7(12)5-10(8)17-6-9(15-16-17)11(18)14-2;1-9-5-7-10(8-6-9)11(2,3)4;1-3-2;1-2/h3-6,13H,1-2H3,(H,14,18);5-8H,1-4H3;1-2H3;1H2. The first-order chi connectivity index (χ1) is 16.1. The summed E-state index contributed by atoms with van der Waals surface area (Å²) in [6.07, 6.45) is 1.55. The number of anilines is 1. The van der Waals surface area contributed by atoms with Crippen molar-refractivity contribution in [1.29, 1.82) is 0 Å². The zero-order valence-corrected chi connectivity index (χ0v) is 22.0. The second kappa shape index (κ2) is 15.6. The van der Waals surface area contributed by atoms with E-state index in [-0.39, 0.29) is 17.0 Å². The maximum Gasteiger partial charge on any atom is 0.273 e. The Kier molecular flexibility index (Phi) is 14.1. The van der Waals surface area contributed by atoms with Gasteiger partial charge in [-0.2, -0.15) is 0 Å². The molecule has 186 valence electrons. The van der Waals surface area contributed by atoms with Gasteiger partial charge in [-0.15, -0.1) is 5.10 Å². The van der Waals surface area contributed by atoms with Gasteiger partial charge in [-0.05, 0) is 36.1 Å². The molecule has 1 heterocycles. The summed E-state index contributed by atoms with van der Waals surface area (Å²) in [6, 6.07) is 14.1. The molecule has 0 spiro atoms. The summed E-state index contributed by atoms with van der Waals surface area (Å²) in [7, 11) is 6.59. The van der Waals surface area contributed by atoms with Crippen LogP contribution in [0.2, 0.25) is 5.02 Å². The lowest BCUT2D eigenvalue weighted by atomic mass is 9.87. The molecule has 0 fully saturated rings. The molecule has 0 atom stereocenters. The Balaban J connectivity index is 0.000000581. The smallest absolute Gasteiger partial charge is 0.273 e. The number of halogens is 1. The predicted octanol–water partition coefficient (Wildman–Crippen LogP) is 4.69. The molecule has 0 radical (unpaired) electrons. The fourth-order valence-electron chi connectivity index (χ4n) is 2.57. The van der Waals surface area contributed by atoms with Gasteiger partial charge in [-0.3, -0.25) is 4.79 Å². The number of carbonyl (C=O) groups excluding carboxylic acids is 2. The van der Waals surface area contributed by atoms with Crippen LogP contribution in [0.15, 0.2) is 48.7 Å². The molecule has 2 N–H and O–H groups in total. The minimum Gasteiger partial charge on any atom is -0.388 e. The molecular weight excluding hydrogens is 454 g/mol. The third kappa shape index (κ3) is 10.1. The maximum absolute atomic E-state index is 11.4. The first kappa shape index (κ1) is 30.8. The predicted molar refractivity (Wildman–Crippen MR) is 139 cm³/mol. The second-order valence-electron chi connectivity index (χ2n) is 8.06. The first-order valence-electron chi connectivity index (χ1n) is 10.5. The number of rotatable bonds is 3. The lowest BCUT2D eigenvalue weighted by Gasteiger charge is -2.18. The van der Waals surface area contributed by atoms with Crippen LogP contribution in [0, 0.1) is 6.92 Å². The third-order valence-electron chi connectivity index (χ3n) is 4.35. The van der Waals surface area contributed by atoms with Gasteiger partial charge in [0.05, 0.1) is 17.6 Å². The number of amides is 1. The van der Waals surface area contributed by atoms with E-state index in [9.17, 15) is 4.79 Å². The van der Waals surface area contributed by atoms with Crippen molar-refractivity contribution in [2.45, 2.75) is 33.1 Å². The van der Waals surface area contributed by atoms with Gasteiger partial charge >= 0.3 is 0 Å². The van der Waals surface area contributed by atoms with Crippen LogP contribution in [0.1, 0.15) is 42.4 Å². The van der Waals surface area contributed by atoms with E-state index in [0.717, 1.165) is 11.4 Å². The van der Waals surface area contributed by atoms with E-state index < -0.39 is 0 Å². The number of carbonyl (C=O) groups is 2. The Morgan fingerprint density at radius 2 is 1.62 bits per heavy atom. The molecule has 1 amide bonds. The maximum atomic E-state index is 11.4. The van der Waals surface area contributed by atoms with Gasteiger partial charge in [-0.1, -0.05) is 67.4 Å². The Morgan fingerprint density at radius 1 is 1.06 bits per heavy atom. The van der Waals surface area contributed by atoms with Crippen molar-refractivity contribution < 1.29 is 14.3 Å². The Morgan fingerprint density at radius 3 is 2.09 bits per heavy atom. The number of hydrogen-bond donors (Lipinski definition) is 2. The molecule has 1 aromatic heterocycles. The molecular formula is C25H36ClN5O3. The zero-order valence-electron chi connectivity index (χ0n) is 21.3. The van der Waals surface area contributed by atoms with E-state index in [1.807, 2.05) is 12.9 Å². The number of methoxy groups -OCH3 is 1. The summed E-state index contributed by atoms with van der Waals surface area (Å²) in [5.41, 5.74) is 4.84. The second-order valence-corrected chi connectivity index (χ2v) is 8.50. The topological polar surface area (TPSA) is 98.1 Å². The van der Waals surface area contributed by atoms with Crippen LogP contribution >= 0.6 is 11.6 Å². The fraction of sp³-hybridized carbons (Fsp3) is 0.360. The van der Waals surface area contributed by atoms with E-state index in [0.29, 0.717) is 5.02 Å². The number of ether oxygens (including phenoxy) is 1. The van der Waals surface area contributed by atoms with Crippen LogP contribution in [0.25, 0.3) is 5.69 Å². The van der Waals surface area contributed by atoms with Crippen LogP contribution in [0.5, 0.6) is 0 Å². The molecule has 3 rings (SSSR count). The highest BCUT2D eigenvalue weighted by Gasteiger charge is 2.12. The number of aromatic nitrogens is 3. The minimum absolute atomic E-state index is 0.250. The van der Waals surface area contributed by atoms with Gasteiger partial charge in [-0.25, -0.2) is 4.68 Å². The molecule has 0 unspecified atom stereocenters. The summed E-state index contributed by atoms with van der Waals surface area (Å²) in [6.45, 7) is 10.8. The number of nitrogens with one attached hydrogen (secondary N) is 2. The molecule has 0 aliphatic heterocycles. The van der Waals surface area contributed by atoms with Crippen molar-refractivity contribution in [3.8, 4) is 5.69 Å². The number of benzene rings is 2. The lowest BCUT2D eigenvalue weighted by Crippen LogP contribution is -2.18. The van der Waals surface area contributed by atoms with Crippen molar-refractivity contribution in [3.05, 3.63) is 70.5 Å². The number of nitrogens with zero attached hydrogens (tertiary/aromatic N) is 3. The van der Waals surface area contributed by atoms with Crippen LogP contribution in [-0.2, 0) is 14.9 Å². The highest BCUT2D eigenvalue weighted by molar-refractivity contribution is 6.30. The van der Waals surface area contributed by atoms with Crippen LogP contribution in [0.4, 0.5) is 5.69 Å². The summed E-state index contributed by atoms with van der Waals surface area (Å²) in [4.78, 5) is 19.4. The van der Waals surface area contributed by atoms with Crippen molar-refractivity contribution in [3.63, 3.8) is 0 Å². The molecule has 0 aliphatic carbocycles. The summed E-state index contributed by atoms with van der Waals surface area (Å²) in [5, 5.41) is 13.8. The van der Waals surface area contributed by atoms with Gasteiger partial charge < -0.3 is 20.2 Å². The highest BCUT2D eigenvalue weighted by atomic mass is 35.5. The normalized spacial score (nSPS) is 9.79. The van der Waals surface area contributed by atoms with Crippen molar-refractivity contribution in [2.75, 3.05) is 33.6 Å². The first-order valence-corrected chi connectivity index (χ1v) is 10.8. The van der Waals surface area contributed by atoms with Crippen molar-refractivity contribution in [2.24, 2.45) is 0 Å². The Bertz CT molecular complexity index is 999. The number of aryl methyl sites for hydroxylation is 1. The van der Waals surface area contributed by atoms with Crippen LogP contribution in [-0.4, -0.2) is 56.0 Å². The largest absolute Gasteiger partial charge is 0.388 e. The SMILES string of the molecule is C=O.CNC(=O)c1cn(-c2cc(Cl)ccc2NC)nn1.COC.Cc1ccc(C(C)(C)C)cc1. The van der Waals surface area contributed by atoms with Gasteiger partial charge in [0.15, 0.2) is 5.69 Å². The fourth-order valence-corrected chi connectivity index (χ4v) is 2.74. The monoisotopic (exact) mass is 489 g/mol. The van der Waals surface area contributed by atoms with E-state index in [4.69, 9.17) is 16.4 Å². The van der Waals surface area contributed by atoms with E-state index in [2.05, 4.69) is 77.6 Å². The lowest BCUT2D eigenvalue weighted by molar-refractivity contribution is -0.0980. The van der Waals surface area contributed by atoms with Gasteiger partial charge in [0.25, 0.3) is 5.91 Å². The number of hydrogen-bond acceptors (Lipinski definition) is 6. The summed E-state index contributed by atoms with van der Waals surface area (Å²) >= 11 is 5.95. The molecule has 34 heavy (non-hydrogen) atoms. The average molecular weight is 490 g/mol. The average Bonchev–Trinajstić information content (AvgIpc) is 3.31. The molecule has 0 saturated heterocycles. The quantitative estimate of drug-likeness (QED) is 0.553. The van der Waals surface area contributed by atoms with Crippen molar-refractivity contribution in [1.82, 2.24) is 20.3 Å². The van der Waals surface area contributed by atoms with Crippen molar-refractivity contribution >= 4 is 30.0 Å². The van der Waals surface area contributed by atoms with E-state index in [1.165, 1.54) is 15.8 Å². The van der Waals surface area contributed by atoms with Gasteiger partial charge in [0.1, 0.15) is 6.79 Å². The van der Waals surface area contributed by atoms with Gasteiger partial charge in [0.2, 0.25) is 0 Å². The molecule has 0 saturated carbocycles. The summed E-state index contributed by atoms with van der Waals surface area (Å²) in [5.74, 6) is -0.283. The van der Waals surface area contributed by atoms with E-state index >= 15 is 0 Å². The molecule has 2 aromatic carbocycles. The minimum atomic E-state index is -0.283. The Labute approximate surface area is 207 Å². The zero-order chi connectivity index (χ0) is 26.3. The molecule has 0 aliphatic rings. The Hall–Kier alpha value is -3.23. The molecule has 3 aromatic rings. The molecule has 9 heteroatoms. The van der Waals surface area contributed by atoms with Gasteiger partial charge in [0, 0.05) is 33.3 Å². The van der Waals surface area contributed by atoms with E-state index in [1.54, 1.807) is 46.6 Å². The third-order valence-corrected chi connectivity index (χ3v) is 4.58.